The molecule has 1 heterocycles. The number of nitrogens with zero attached hydrogens (tertiary/aromatic N) is 1. The normalized spacial score (nSPS) is 23.6. The van der Waals surface area contributed by atoms with Crippen LogP contribution in [0.1, 0.15) is 19.4 Å². The molecule has 1 saturated heterocycles. The third-order valence-corrected chi connectivity index (χ3v) is 5.97. The maximum atomic E-state index is 12.5. The highest BCUT2D eigenvalue weighted by atomic mass is 35.5. The van der Waals surface area contributed by atoms with Gasteiger partial charge in [-0.3, -0.25) is 0 Å². The summed E-state index contributed by atoms with van der Waals surface area (Å²) in [6.07, 6.45) is 0. The summed E-state index contributed by atoms with van der Waals surface area (Å²) in [5, 5.41) is 4.16. The smallest absolute Gasteiger partial charge is 0.218 e. The molecule has 0 amide bonds. The van der Waals surface area contributed by atoms with Gasteiger partial charge in [0.1, 0.15) is 0 Å². The third kappa shape index (κ3) is 4.71. The lowest BCUT2D eigenvalue weighted by Gasteiger charge is -2.37. The van der Waals surface area contributed by atoms with Crippen LogP contribution in [0.4, 0.5) is 0 Å². The van der Waals surface area contributed by atoms with Crippen molar-refractivity contribution in [2.45, 2.75) is 31.7 Å². The molecule has 1 aliphatic heterocycles. The first kappa shape index (κ1) is 19.0. The number of hydrogen-bond acceptors (Lipinski definition) is 3. The molecule has 2 atom stereocenters. The first-order chi connectivity index (χ1) is 9.29. The van der Waals surface area contributed by atoms with E-state index in [1.165, 1.54) is 0 Å². The first-order valence-electron chi connectivity index (χ1n) is 6.47. The molecule has 0 bridgehead atoms. The van der Waals surface area contributed by atoms with Gasteiger partial charge >= 0.3 is 0 Å². The fourth-order valence-corrected chi connectivity index (χ4v) is 4.79. The van der Waals surface area contributed by atoms with Crippen molar-refractivity contribution in [3.8, 4) is 0 Å². The Hall–Kier alpha value is -0.0400. The maximum absolute atomic E-state index is 12.5. The van der Waals surface area contributed by atoms with Crippen molar-refractivity contribution < 1.29 is 8.42 Å². The molecule has 2 rings (SSSR count). The van der Waals surface area contributed by atoms with Gasteiger partial charge in [0.25, 0.3) is 0 Å². The van der Waals surface area contributed by atoms with E-state index in [0.717, 1.165) is 0 Å². The Bertz CT molecular complexity index is 575. The van der Waals surface area contributed by atoms with E-state index >= 15 is 0 Å². The topological polar surface area (TPSA) is 49.4 Å². The van der Waals surface area contributed by atoms with Gasteiger partial charge in [-0.05, 0) is 37.6 Å². The number of nitrogens with one attached hydrogen (secondary N) is 1. The monoisotopic (exact) mass is 372 g/mol. The molecule has 1 aliphatic rings. The third-order valence-electron chi connectivity index (χ3n) is 3.61. The quantitative estimate of drug-likeness (QED) is 0.886. The van der Waals surface area contributed by atoms with Crippen molar-refractivity contribution in [1.82, 2.24) is 9.62 Å². The van der Waals surface area contributed by atoms with E-state index in [4.69, 9.17) is 23.2 Å². The molecule has 2 unspecified atom stereocenters. The van der Waals surface area contributed by atoms with Gasteiger partial charge < -0.3 is 5.32 Å². The summed E-state index contributed by atoms with van der Waals surface area (Å²) in [7, 11) is -3.38. The zero-order valence-electron chi connectivity index (χ0n) is 11.8. The number of rotatable bonds is 3. The summed E-state index contributed by atoms with van der Waals surface area (Å²) < 4.78 is 26.6. The molecule has 0 spiro atoms. The van der Waals surface area contributed by atoms with Crippen LogP contribution >= 0.6 is 35.6 Å². The summed E-state index contributed by atoms with van der Waals surface area (Å²) in [6.45, 7) is 5.06. The van der Waals surface area contributed by atoms with Crippen molar-refractivity contribution >= 4 is 45.6 Å². The summed E-state index contributed by atoms with van der Waals surface area (Å²) in [4.78, 5) is 0. The molecule has 120 valence electrons. The van der Waals surface area contributed by atoms with Crippen LogP contribution in [0.3, 0.4) is 0 Å². The van der Waals surface area contributed by atoms with E-state index in [0.29, 0.717) is 28.7 Å². The van der Waals surface area contributed by atoms with Crippen LogP contribution in [-0.4, -0.2) is 37.9 Å². The van der Waals surface area contributed by atoms with Crippen molar-refractivity contribution in [3.05, 3.63) is 33.8 Å². The van der Waals surface area contributed by atoms with Crippen molar-refractivity contribution in [2.75, 3.05) is 13.1 Å². The molecule has 0 aliphatic carbocycles. The Labute approximate surface area is 142 Å². The summed E-state index contributed by atoms with van der Waals surface area (Å²) in [5.74, 6) is -0.0790. The van der Waals surface area contributed by atoms with E-state index in [1.807, 2.05) is 13.8 Å². The Morgan fingerprint density at radius 1 is 1.24 bits per heavy atom. The molecule has 0 radical (unpaired) electrons. The fourth-order valence-electron chi connectivity index (χ4n) is 2.41. The van der Waals surface area contributed by atoms with Gasteiger partial charge in [0, 0.05) is 35.2 Å². The van der Waals surface area contributed by atoms with Crippen molar-refractivity contribution in [3.63, 3.8) is 0 Å². The van der Waals surface area contributed by atoms with E-state index in [2.05, 4.69) is 5.32 Å². The molecular weight excluding hydrogens is 355 g/mol. The first-order valence-corrected chi connectivity index (χ1v) is 8.84. The van der Waals surface area contributed by atoms with Crippen molar-refractivity contribution in [1.29, 1.82) is 0 Å². The lowest BCUT2D eigenvalue weighted by Crippen LogP contribution is -2.57. The van der Waals surface area contributed by atoms with Gasteiger partial charge in [-0.1, -0.05) is 23.2 Å². The zero-order valence-corrected chi connectivity index (χ0v) is 15.0. The Morgan fingerprint density at radius 2 is 1.81 bits per heavy atom. The largest absolute Gasteiger partial charge is 0.311 e. The number of halogens is 3. The second-order valence-corrected chi connectivity index (χ2v) is 7.92. The van der Waals surface area contributed by atoms with E-state index in [1.54, 1.807) is 22.5 Å². The molecule has 1 N–H and O–H groups in total. The van der Waals surface area contributed by atoms with E-state index in [9.17, 15) is 8.42 Å². The van der Waals surface area contributed by atoms with Gasteiger partial charge in [0.15, 0.2) is 0 Å². The average Bonchev–Trinajstić information content (AvgIpc) is 2.30. The molecule has 1 aromatic rings. The predicted molar refractivity (Wildman–Crippen MR) is 90.0 cm³/mol. The molecule has 0 saturated carbocycles. The van der Waals surface area contributed by atoms with E-state index in [-0.39, 0.29) is 30.2 Å². The van der Waals surface area contributed by atoms with Gasteiger partial charge in [0.05, 0.1) is 5.75 Å². The Morgan fingerprint density at radius 3 is 2.38 bits per heavy atom. The Kier molecular flexibility index (Phi) is 6.78. The minimum Gasteiger partial charge on any atom is -0.311 e. The maximum Gasteiger partial charge on any atom is 0.218 e. The van der Waals surface area contributed by atoms with Gasteiger partial charge in [-0.15, -0.1) is 12.4 Å². The second kappa shape index (κ2) is 7.49. The molecule has 0 aromatic heterocycles. The van der Waals surface area contributed by atoms with Crippen LogP contribution < -0.4 is 5.32 Å². The highest BCUT2D eigenvalue weighted by Crippen LogP contribution is 2.23. The summed E-state index contributed by atoms with van der Waals surface area (Å²) in [5.41, 5.74) is 0.612. The fraction of sp³-hybridized carbons (Fsp3) is 0.538. The van der Waals surface area contributed by atoms with Crippen LogP contribution in [0.15, 0.2) is 18.2 Å². The number of piperazine rings is 1. The lowest BCUT2D eigenvalue weighted by molar-refractivity contribution is 0.232. The molecule has 8 heteroatoms. The standard InChI is InChI=1S/C13H18Cl2N2O2S.ClH/c1-9-10(2)17(4-3-16-9)20(18,19)8-11-5-12(14)7-13(15)6-11;/h5-7,9-10,16H,3-4,8H2,1-2H3;1H. The molecule has 21 heavy (non-hydrogen) atoms. The predicted octanol–water partition coefficient (Wildman–Crippen LogP) is 2.93. The van der Waals surface area contributed by atoms with E-state index < -0.39 is 10.0 Å². The Balaban J connectivity index is 0.00000220. The van der Waals surface area contributed by atoms with Crippen LogP contribution in [0.25, 0.3) is 0 Å². The second-order valence-electron chi connectivity index (χ2n) is 5.13. The minimum absolute atomic E-state index is 0. The highest BCUT2D eigenvalue weighted by Gasteiger charge is 2.33. The number of benzene rings is 1. The van der Waals surface area contributed by atoms with Gasteiger partial charge in [-0.2, -0.15) is 4.31 Å². The molecule has 1 aromatic carbocycles. The average molecular weight is 374 g/mol. The molecule has 1 fully saturated rings. The summed E-state index contributed by atoms with van der Waals surface area (Å²) in [6, 6.07) is 4.95. The van der Waals surface area contributed by atoms with Gasteiger partial charge in [-0.25, -0.2) is 8.42 Å². The van der Waals surface area contributed by atoms with Crippen LogP contribution in [-0.2, 0) is 15.8 Å². The van der Waals surface area contributed by atoms with Crippen molar-refractivity contribution in [2.24, 2.45) is 0 Å². The van der Waals surface area contributed by atoms with Crippen LogP contribution in [0, 0.1) is 0 Å². The molecule has 4 nitrogen and oxygen atoms in total. The van der Waals surface area contributed by atoms with Gasteiger partial charge in [0.2, 0.25) is 10.0 Å². The number of sulfonamides is 1. The minimum atomic E-state index is -3.38. The lowest BCUT2D eigenvalue weighted by atomic mass is 10.1. The van der Waals surface area contributed by atoms with Crippen LogP contribution in [0.5, 0.6) is 0 Å². The highest BCUT2D eigenvalue weighted by molar-refractivity contribution is 7.88. The number of hydrogen-bond donors (Lipinski definition) is 1. The summed E-state index contributed by atoms with van der Waals surface area (Å²) >= 11 is 11.8. The zero-order chi connectivity index (χ0) is 14.9. The SMILES string of the molecule is CC1NCCN(S(=O)(=O)Cc2cc(Cl)cc(Cl)c2)C1C.Cl. The molecular formula is C13H19Cl3N2O2S. The van der Waals surface area contributed by atoms with Crippen LogP contribution in [0.2, 0.25) is 10.0 Å².